The molecule has 0 radical (unpaired) electrons. The van der Waals surface area contributed by atoms with Crippen LogP contribution < -0.4 is 10.5 Å². The Bertz CT molecular complexity index is 337. The molecule has 0 spiro atoms. The second-order valence-corrected chi connectivity index (χ2v) is 4.39. The number of ether oxygens (including phenoxy) is 1. The van der Waals surface area contributed by atoms with Gasteiger partial charge in [-0.1, -0.05) is 20.8 Å². The summed E-state index contributed by atoms with van der Waals surface area (Å²) in [4.78, 5) is 4.47. The fourth-order valence-corrected chi connectivity index (χ4v) is 1.58. The van der Waals surface area contributed by atoms with Gasteiger partial charge in [0, 0.05) is 12.2 Å². The number of nitrogens with two attached hydrogens (primary N) is 1. The first kappa shape index (κ1) is 13.0. The van der Waals surface area contributed by atoms with E-state index in [0.717, 1.165) is 23.6 Å². The molecule has 90 valence electrons. The predicted octanol–water partition coefficient (Wildman–Crippen LogP) is 2.31. The molecule has 0 aliphatic rings. The lowest BCUT2D eigenvalue weighted by Crippen LogP contribution is -2.32. The highest BCUT2D eigenvalue weighted by atomic mass is 16.5. The molecule has 0 fully saturated rings. The number of rotatable bonds is 5. The van der Waals surface area contributed by atoms with Crippen molar-refractivity contribution < 1.29 is 4.74 Å². The number of hydrogen-bond donors (Lipinski definition) is 1. The largest absolute Gasteiger partial charge is 0.487 e. The number of pyridine rings is 1. The van der Waals surface area contributed by atoms with Crippen LogP contribution >= 0.6 is 0 Å². The Morgan fingerprint density at radius 1 is 1.38 bits per heavy atom. The van der Waals surface area contributed by atoms with Crippen LogP contribution in [0.15, 0.2) is 12.1 Å². The molecule has 0 aromatic carbocycles. The second-order valence-electron chi connectivity index (χ2n) is 4.39. The molecule has 0 saturated heterocycles. The molecule has 0 bridgehead atoms. The first-order chi connectivity index (χ1) is 7.58. The summed E-state index contributed by atoms with van der Waals surface area (Å²) in [6.07, 6.45) is 0.946. The van der Waals surface area contributed by atoms with Crippen molar-refractivity contribution in [3.05, 3.63) is 23.5 Å². The maximum absolute atomic E-state index is 5.91. The van der Waals surface area contributed by atoms with Gasteiger partial charge in [0.1, 0.15) is 11.9 Å². The minimum Gasteiger partial charge on any atom is -0.487 e. The van der Waals surface area contributed by atoms with Crippen LogP contribution in [0, 0.1) is 12.8 Å². The van der Waals surface area contributed by atoms with E-state index in [1.807, 2.05) is 19.1 Å². The average Bonchev–Trinajstić information content (AvgIpc) is 2.26. The maximum atomic E-state index is 5.91. The zero-order valence-electron chi connectivity index (χ0n) is 10.7. The quantitative estimate of drug-likeness (QED) is 0.831. The lowest BCUT2D eigenvalue weighted by atomic mass is 10.1. The molecule has 16 heavy (non-hydrogen) atoms. The summed E-state index contributed by atoms with van der Waals surface area (Å²) in [7, 11) is 0. The minimum atomic E-state index is 0.0646. The van der Waals surface area contributed by atoms with Gasteiger partial charge in [-0.15, -0.1) is 0 Å². The van der Waals surface area contributed by atoms with E-state index in [-0.39, 0.29) is 6.10 Å². The zero-order chi connectivity index (χ0) is 12.1. The lowest BCUT2D eigenvalue weighted by Gasteiger charge is -2.22. The molecular formula is C13H22N2O. The van der Waals surface area contributed by atoms with E-state index in [0.29, 0.717) is 12.5 Å². The van der Waals surface area contributed by atoms with Crippen molar-refractivity contribution in [3.8, 4) is 5.75 Å². The van der Waals surface area contributed by atoms with Gasteiger partial charge in [-0.3, -0.25) is 4.98 Å². The fraction of sp³-hybridized carbons (Fsp3) is 0.615. The highest BCUT2D eigenvalue weighted by molar-refractivity contribution is 5.29. The maximum Gasteiger partial charge on any atom is 0.141 e. The third-order valence-corrected chi connectivity index (χ3v) is 2.66. The number of aromatic nitrogens is 1. The Labute approximate surface area is 98.0 Å². The highest BCUT2D eigenvalue weighted by Gasteiger charge is 2.15. The molecule has 0 amide bonds. The van der Waals surface area contributed by atoms with Crippen LogP contribution in [0.25, 0.3) is 0 Å². The Balaban J connectivity index is 2.87. The summed E-state index contributed by atoms with van der Waals surface area (Å²) in [5.74, 6) is 1.29. The predicted molar refractivity (Wildman–Crippen MR) is 66.7 cm³/mol. The topological polar surface area (TPSA) is 48.1 Å². The van der Waals surface area contributed by atoms with E-state index in [1.165, 1.54) is 0 Å². The lowest BCUT2D eigenvalue weighted by molar-refractivity contribution is 0.157. The van der Waals surface area contributed by atoms with Crippen molar-refractivity contribution in [2.45, 2.75) is 40.2 Å². The molecule has 1 heterocycles. The van der Waals surface area contributed by atoms with Crippen LogP contribution in [0.2, 0.25) is 0 Å². The van der Waals surface area contributed by atoms with Gasteiger partial charge in [0.2, 0.25) is 0 Å². The van der Waals surface area contributed by atoms with Crippen LogP contribution in [-0.4, -0.2) is 17.6 Å². The van der Waals surface area contributed by atoms with Crippen LogP contribution in [0.1, 0.15) is 32.2 Å². The summed E-state index contributed by atoms with van der Waals surface area (Å²) in [5.41, 5.74) is 7.74. The molecule has 1 aromatic rings. The smallest absolute Gasteiger partial charge is 0.141 e. The summed E-state index contributed by atoms with van der Waals surface area (Å²) in [6.45, 7) is 8.84. The highest BCUT2D eigenvalue weighted by Crippen LogP contribution is 2.20. The molecule has 2 N–H and O–H groups in total. The average molecular weight is 222 g/mol. The first-order valence-electron chi connectivity index (χ1n) is 5.91. The van der Waals surface area contributed by atoms with Gasteiger partial charge in [-0.25, -0.2) is 0 Å². The third kappa shape index (κ3) is 3.20. The molecule has 1 aromatic heterocycles. The van der Waals surface area contributed by atoms with E-state index >= 15 is 0 Å². The Kier molecular flexibility index (Phi) is 4.74. The van der Waals surface area contributed by atoms with Crippen molar-refractivity contribution in [3.63, 3.8) is 0 Å². The van der Waals surface area contributed by atoms with Gasteiger partial charge in [-0.05, 0) is 31.4 Å². The number of aryl methyl sites for hydroxylation is 2. The monoisotopic (exact) mass is 222 g/mol. The van der Waals surface area contributed by atoms with Gasteiger partial charge in [0.05, 0.1) is 5.69 Å². The van der Waals surface area contributed by atoms with Crippen molar-refractivity contribution in [1.29, 1.82) is 0 Å². The SMILES string of the molecule is CCc1nc(C)ccc1OC(CN)C(C)C. The van der Waals surface area contributed by atoms with Gasteiger partial charge in [-0.2, -0.15) is 0 Å². The molecular weight excluding hydrogens is 200 g/mol. The van der Waals surface area contributed by atoms with Gasteiger partial charge >= 0.3 is 0 Å². The van der Waals surface area contributed by atoms with Crippen molar-refractivity contribution >= 4 is 0 Å². The molecule has 0 aliphatic heterocycles. The van der Waals surface area contributed by atoms with Crippen molar-refractivity contribution in [2.75, 3.05) is 6.54 Å². The molecule has 3 nitrogen and oxygen atoms in total. The van der Waals surface area contributed by atoms with E-state index in [4.69, 9.17) is 10.5 Å². The molecule has 0 saturated carbocycles. The standard InChI is InChI=1S/C13H22N2O/c1-5-11-12(7-6-10(4)15-11)16-13(8-14)9(2)3/h6-7,9,13H,5,8,14H2,1-4H3. The van der Waals surface area contributed by atoms with Gasteiger partial charge in [0.15, 0.2) is 0 Å². The molecule has 3 heteroatoms. The van der Waals surface area contributed by atoms with E-state index < -0.39 is 0 Å². The Morgan fingerprint density at radius 2 is 2.06 bits per heavy atom. The normalized spacial score (nSPS) is 12.9. The van der Waals surface area contributed by atoms with Crippen LogP contribution in [0.5, 0.6) is 5.75 Å². The molecule has 1 unspecified atom stereocenters. The van der Waals surface area contributed by atoms with E-state index in [1.54, 1.807) is 0 Å². The molecule has 1 atom stereocenters. The van der Waals surface area contributed by atoms with Crippen molar-refractivity contribution in [1.82, 2.24) is 4.98 Å². The number of hydrogen-bond acceptors (Lipinski definition) is 3. The second kappa shape index (κ2) is 5.85. The van der Waals surface area contributed by atoms with Crippen LogP contribution in [0.3, 0.4) is 0 Å². The first-order valence-corrected chi connectivity index (χ1v) is 5.91. The molecule has 0 aliphatic carbocycles. The van der Waals surface area contributed by atoms with Gasteiger partial charge < -0.3 is 10.5 Å². The van der Waals surface area contributed by atoms with E-state index in [2.05, 4.69) is 25.8 Å². The summed E-state index contributed by atoms with van der Waals surface area (Å²) >= 11 is 0. The number of nitrogens with zero attached hydrogens (tertiary/aromatic N) is 1. The zero-order valence-corrected chi connectivity index (χ0v) is 10.7. The third-order valence-electron chi connectivity index (χ3n) is 2.66. The van der Waals surface area contributed by atoms with Crippen LogP contribution in [0.4, 0.5) is 0 Å². The minimum absolute atomic E-state index is 0.0646. The Morgan fingerprint density at radius 3 is 2.56 bits per heavy atom. The summed E-state index contributed by atoms with van der Waals surface area (Å²) in [5, 5.41) is 0. The van der Waals surface area contributed by atoms with Gasteiger partial charge in [0.25, 0.3) is 0 Å². The summed E-state index contributed by atoms with van der Waals surface area (Å²) < 4.78 is 5.91. The molecule has 1 rings (SSSR count). The fourth-order valence-electron chi connectivity index (χ4n) is 1.58. The van der Waals surface area contributed by atoms with Crippen LogP contribution in [-0.2, 0) is 6.42 Å². The van der Waals surface area contributed by atoms with Crippen molar-refractivity contribution in [2.24, 2.45) is 11.7 Å². The van der Waals surface area contributed by atoms with E-state index in [9.17, 15) is 0 Å². The summed E-state index contributed by atoms with van der Waals surface area (Å²) in [6, 6.07) is 3.97. The Hall–Kier alpha value is -1.09.